The summed E-state index contributed by atoms with van der Waals surface area (Å²) in [6.07, 6.45) is 2.46. The molecule has 3 rings (SSSR count). The standard InChI is InChI=1S/C17H23N5OS/c1-17(2,3)21-15-10-12(18-6-4-8-23)16-13(20-15)9-14(24-16)11-5-7-19-22-11/h5,7,9-10,23H,4,6,8H2,1-3H3,(H,19,22)(H2,18,20,21). The molecule has 0 aliphatic heterocycles. The largest absolute Gasteiger partial charge is 0.396 e. The molecule has 0 bridgehead atoms. The molecule has 0 radical (unpaired) electrons. The topological polar surface area (TPSA) is 85.9 Å². The number of nitrogens with one attached hydrogen (secondary N) is 3. The first-order valence-electron chi connectivity index (χ1n) is 8.03. The summed E-state index contributed by atoms with van der Waals surface area (Å²) in [7, 11) is 0. The van der Waals surface area contributed by atoms with Gasteiger partial charge in [-0.15, -0.1) is 11.3 Å². The van der Waals surface area contributed by atoms with Crippen LogP contribution in [0.2, 0.25) is 0 Å². The third-order valence-electron chi connectivity index (χ3n) is 3.40. The van der Waals surface area contributed by atoms with Gasteiger partial charge in [-0.25, -0.2) is 4.98 Å². The van der Waals surface area contributed by atoms with E-state index in [0.717, 1.165) is 38.8 Å². The molecule has 7 heteroatoms. The summed E-state index contributed by atoms with van der Waals surface area (Å²) in [4.78, 5) is 5.86. The summed E-state index contributed by atoms with van der Waals surface area (Å²) in [5.41, 5.74) is 2.91. The number of H-pyrrole nitrogens is 1. The highest BCUT2D eigenvalue weighted by atomic mass is 32.1. The molecule has 0 saturated heterocycles. The van der Waals surface area contributed by atoms with Gasteiger partial charge in [-0.05, 0) is 39.3 Å². The van der Waals surface area contributed by atoms with Crippen molar-refractivity contribution in [2.24, 2.45) is 0 Å². The SMILES string of the molecule is CC(C)(C)Nc1cc(NCCCO)c2sc(-c3ccn[nH]3)cc2n1. The maximum Gasteiger partial charge on any atom is 0.129 e. The zero-order chi connectivity index (χ0) is 17.2. The lowest BCUT2D eigenvalue weighted by Crippen LogP contribution is -2.26. The van der Waals surface area contributed by atoms with E-state index in [-0.39, 0.29) is 12.1 Å². The van der Waals surface area contributed by atoms with E-state index in [0.29, 0.717) is 6.42 Å². The van der Waals surface area contributed by atoms with Crippen LogP contribution >= 0.6 is 11.3 Å². The predicted molar refractivity (Wildman–Crippen MR) is 101 cm³/mol. The summed E-state index contributed by atoms with van der Waals surface area (Å²) in [5, 5.41) is 22.9. The van der Waals surface area contributed by atoms with Crippen molar-refractivity contribution in [3.63, 3.8) is 0 Å². The lowest BCUT2D eigenvalue weighted by molar-refractivity contribution is 0.292. The van der Waals surface area contributed by atoms with Crippen LogP contribution in [0.5, 0.6) is 0 Å². The maximum absolute atomic E-state index is 9.02. The number of aliphatic hydroxyl groups is 1. The van der Waals surface area contributed by atoms with Crippen LogP contribution in [-0.4, -0.2) is 39.0 Å². The van der Waals surface area contributed by atoms with Crippen LogP contribution in [0.25, 0.3) is 20.8 Å². The van der Waals surface area contributed by atoms with Gasteiger partial charge >= 0.3 is 0 Å². The van der Waals surface area contributed by atoms with Gasteiger partial charge in [0.1, 0.15) is 5.82 Å². The number of hydrogen-bond donors (Lipinski definition) is 4. The molecule has 0 amide bonds. The van der Waals surface area contributed by atoms with Crippen LogP contribution in [-0.2, 0) is 0 Å². The van der Waals surface area contributed by atoms with Crippen LogP contribution in [0.15, 0.2) is 24.4 Å². The molecule has 24 heavy (non-hydrogen) atoms. The summed E-state index contributed by atoms with van der Waals surface area (Å²) in [5.74, 6) is 0.843. The molecular weight excluding hydrogens is 322 g/mol. The van der Waals surface area contributed by atoms with Gasteiger partial charge in [0.2, 0.25) is 0 Å². The zero-order valence-corrected chi connectivity index (χ0v) is 15.0. The Morgan fingerprint density at radius 3 is 2.79 bits per heavy atom. The average molecular weight is 345 g/mol. The molecule has 0 aliphatic rings. The van der Waals surface area contributed by atoms with Gasteiger partial charge < -0.3 is 15.7 Å². The lowest BCUT2D eigenvalue weighted by atomic mass is 10.1. The summed E-state index contributed by atoms with van der Waals surface area (Å²) in [6.45, 7) is 7.24. The molecule has 6 nitrogen and oxygen atoms in total. The van der Waals surface area contributed by atoms with E-state index < -0.39 is 0 Å². The Balaban J connectivity index is 2.02. The molecule has 0 saturated carbocycles. The number of fused-ring (bicyclic) bond motifs is 1. The number of rotatable bonds is 6. The van der Waals surface area contributed by atoms with Gasteiger partial charge in [-0.3, -0.25) is 5.10 Å². The van der Waals surface area contributed by atoms with Crippen molar-refractivity contribution in [1.82, 2.24) is 15.2 Å². The number of aromatic nitrogens is 3. The van der Waals surface area contributed by atoms with E-state index in [4.69, 9.17) is 10.1 Å². The van der Waals surface area contributed by atoms with E-state index >= 15 is 0 Å². The van der Waals surface area contributed by atoms with Gasteiger partial charge in [-0.1, -0.05) is 0 Å². The van der Waals surface area contributed by atoms with Crippen molar-refractivity contribution in [2.45, 2.75) is 32.7 Å². The minimum atomic E-state index is -0.0642. The van der Waals surface area contributed by atoms with Crippen molar-refractivity contribution < 1.29 is 5.11 Å². The highest BCUT2D eigenvalue weighted by Gasteiger charge is 2.15. The van der Waals surface area contributed by atoms with Crippen LogP contribution in [0.4, 0.5) is 11.5 Å². The van der Waals surface area contributed by atoms with E-state index in [1.165, 1.54) is 0 Å². The van der Waals surface area contributed by atoms with Crippen molar-refractivity contribution in [3.8, 4) is 10.6 Å². The Morgan fingerprint density at radius 2 is 2.12 bits per heavy atom. The Bertz CT molecular complexity index is 804. The van der Waals surface area contributed by atoms with Crippen LogP contribution < -0.4 is 10.6 Å². The molecular formula is C17H23N5OS. The normalized spacial score (nSPS) is 11.8. The zero-order valence-electron chi connectivity index (χ0n) is 14.2. The summed E-state index contributed by atoms with van der Waals surface area (Å²) >= 11 is 1.68. The molecule has 3 aromatic heterocycles. The number of aliphatic hydroxyl groups excluding tert-OH is 1. The number of thiophene rings is 1. The van der Waals surface area contributed by atoms with Crippen LogP contribution in [0, 0.1) is 0 Å². The van der Waals surface area contributed by atoms with Crippen molar-refractivity contribution in [1.29, 1.82) is 0 Å². The Hall–Kier alpha value is -2.12. The minimum absolute atomic E-state index is 0.0642. The van der Waals surface area contributed by atoms with E-state index in [1.807, 2.05) is 12.1 Å². The molecule has 0 unspecified atom stereocenters. The van der Waals surface area contributed by atoms with E-state index in [2.05, 4.69) is 47.7 Å². The average Bonchev–Trinajstić information content (AvgIpc) is 3.14. The number of anilines is 2. The van der Waals surface area contributed by atoms with Gasteiger partial charge in [0, 0.05) is 31.0 Å². The second kappa shape index (κ2) is 6.78. The van der Waals surface area contributed by atoms with Crippen molar-refractivity contribution >= 4 is 33.1 Å². The second-order valence-electron chi connectivity index (χ2n) is 6.73. The monoisotopic (exact) mass is 345 g/mol. The van der Waals surface area contributed by atoms with E-state index in [1.54, 1.807) is 17.5 Å². The van der Waals surface area contributed by atoms with Crippen molar-refractivity contribution in [2.75, 3.05) is 23.8 Å². The fourth-order valence-corrected chi connectivity index (χ4v) is 3.49. The maximum atomic E-state index is 9.02. The second-order valence-corrected chi connectivity index (χ2v) is 7.78. The van der Waals surface area contributed by atoms with Crippen LogP contribution in [0.1, 0.15) is 27.2 Å². The predicted octanol–water partition coefficient (Wildman–Crippen LogP) is 3.69. The number of hydrogen-bond acceptors (Lipinski definition) is 6. The molecule has 3 heterocycles. The Labute approximate surface area is 145 Å². The fourth-order valence-electron chi connectivity index (χ4n) is 2.43. The summed E-state index contributed by atoms with van der Waals surface area (Å²) in [6, 6.07) is 6.08. The highest BCUT2D eigenvalue weighted by Crippen LogP contribution is 2.37. The quantitative estimate of drug-likeness (QED) is 0.512. The first-order chi connectivity index (χ1) is 11.5. The molecule has 0 spiro atoms. The number of nitrogens with zero attached hydrogens (tertiary/aromatic N) is 2. The molecule has 0 atom stereocenters. The smallest absolute Gasteiger partial charge is 0.129 e. The van der Waals surface area contributed by atoms with Crippen molar-refractivity contribution in [3.05, 3.63) is 24.4 Å². The Kier molecular flexibility index (Phi) is 4.73. The molecule has 128 valence electrons. The fraction of sp³-hybridized carbons (Fsp3) is 0.412. The molecule has 3 aromatic rings. The molecule has 0 fully saturated rings. The van der Waals surface area contributed by atoms with Gasteiger partial charge in [-0.2, -0.15) is 5.10 Å². The minimum Gasteiger partial charge on any atom is -0.396 e. The third-order valence-corrected chi connectivity index (χ3v) is 4.59. The Morgan fingerprint density at radius 1 is 1.29 bits per heavy atom. The van der Waals surface area contributed by atoms with Gasteiger partial charge in [0.15, 0.2) is 0 Å². The molecule has 4 N–H and O–H groups in total. The third kappa shape index (κ3) is 3.85. The number of aromatic amines is 1. The first kappa shape index (κ1) is 16.7. The summed E-state index contributed by atoms with van der Waals surface area (Å²) < 4.78 is 1.11. The van der Waals surface area contributed by atoms with Crippen LogP contribution in [0.3, 0.4) is 0 Å². The van der Waals surface area contributed by atoms with Gasteiger partial charge in [0.25, 0.3) is 0 Å². The first-order valence-corrected chi connectivity index (χ1v) is 8.85. The number of pyridine rings is 1. The lowest BCUT2D eigenvalue weighted by Gasteiger charge is -2.22. The molecule has 0 aromatic carbocycles. The van der Waals surface area contributed by atoms with Gasteiger partial charge in [0.05, 0.1) is 26.5 Å². The van der Waals surface area contributed by atoms with E-state index in [9.17, 15) is 0 Å². The highest BCUT2D eigenvalue weighted by molar-refractivity contribution is 7.22. The molecule has 0 aliphatic carbocycles.